The van der Waals surface area contributed by atoms with Crippen molar-refractivity contribution in [3.8, 4) is 11.3 Å². The van der Waals surface area contributed by atoms with E-state index >= 15 is 0 Å². The van der Waals surface area contributed by atoms with Crippen LogP contribution in [-0.4, -0.2) is 19.7 Å². The van der Waals surface area contributed by atoms with Crippen LogP contribution in [0.15, 0.2) is 35.4 Å². The Labute approximate surface area is 101 Å². The van der Waals surface area contributed by atoms with Gasteiger partial charge in [0.1, 0.15) is 5.82 Å². The van der Waals surface area contributed by atoms with Crippen LogP contribution in [0, 0.1) is 5.82 Å². The summed E-state index contributed by atoms with van der Waals surface area (Å²) in [6.45, 7) is 0. The summed E-state index contributed by atoms with van der Waals surface area (Å²) in [6, 6.07) is 4.59. The summed E-state index contributed by atoms with van der Waals surface area (Å²) < 4.78 is 15.2. The van der Waals surface area contributed by atoms with E-state index in [0.717, 1.165) is 0 Å². The Morgan fingerprint density at radius 3 is 2.94 bits per heavy atom. The molecule has 90 valence electrons. The number of hydrogen-bond donors (Lipinski definition) is 1. The summed E-state index contributed by atoms with van der Waals surface area (Å²) >= 11 is 0. The van der Waals surface area contributed by atoms with Gasteiger partial charge in [-0.2, -0.15) is 10.1 Å². The number of halogens is 1. The van der Waals surface area contributed by atoms with Crippen LogP contribution in [-0.2, 0) is 7.05 Å². The average molecular weight is 244 g/mol. The van der Waals surface area contributed by atoms with Crippen molar-refractivity contribution in [3.63, 3.8) is 0 Å². The Kier molecular flexibility index (Phi) is 2.22. The highest BCUT2D eigenvalue weighted by atomic mass is 19.1. The number of aryl methyl sites for hydroxylation is 1. The second kappa shape index (κ2) is 3.76. The second-order valence-corrected chi connectivity index (χ2v) is 3.96. The van der Waals surface area contributed by atoms with Crippen LogP contribution < -0.4 is 5.69 Å². The van der Waals surface area contributed by atoms with Gasteiger partial charge in [0, 0.05) is 24.2 Å². The highest BCUT2D eigenvalue weighted by Crippen LogP contribution is 2.24. The number of fused-ring (bicyclic) bond motifs is 1. The number of H-pyrrole nitrogens is 1. The first-order valence-corrected chi connectivity index (χ1v) is 5.33. The third-order valence-electron chi connectivity index (χ3n) is 2.69. The summed E-state index contributed by atoms with van der Waals surface area (Å²) in [5.74, 6) is -0.475. The molecule has 3 rings (SSSR count). The molecular formula is C12H9FN4O. The molecule has 0 fully saturated rings. The van der Waals surface area contributed by atoms with Crippen LogP contribution >= 0.6 is 0 Å². The first-order chi connectivity index (χ1) is 8.65. The predicted octanol–water partition coefficient (Wildman–Crippen LogP) is 1.46. The fourth-order valence-electron chi connectivity index (χ4n) is 1.91. The maximum absolute atomic E-state index is 13.6. The number of aromatic nitrogens is 4. The van der Waals surface area contributed by atoms with Crippen LogP contribution in [0.5, 0.6) is 0 Å². The lowest BCUT2D eigenvalue weighted by molar-refractivity contribution is 0.636. The van der Waals surface area contributed by atoms with Crippen molar-refractivity contribution >= 4 is 10.9 Å². The molecule has 18 heavy (non-hydrogen) atoms. The van der Waals surface area contributed by atoms with E-state index in [0.29, 0.717) is 16.6 Å². The third-order valence-corrected chi connectivity index (χ3v) is 2.69. The normalized spacial score (nSPS) is 11.0. The molecule has 0 amide bonds. The number of aromatic amines is 1. The van der Waals surface area contributed by atoms with Crippen molar-refractivity contribution in [1.29, 1.82) is 0 Å². The Bertz CT molecular complexity index is 790. The molecule has 0 radical (unpaired) electrons. The van der Waals surface area contributed by atoms with E-state index in [9.17, 15) is 9.18 Å². The smallest absolute Gasteiger partial charge is 0.303 e. The molecule has 0 aliphatic heterocycles. The molecule has 0 saturated carbocycles. The minimum absolute atomic E-state index is 0.163. The molecule has 0 atom stereocenters. The fourth-order valence-corrected chi connectivity index (χ4v) is 1.91. The van der Waals surface area contributed by atoms with Gasteiger partial charge in [-0.15, -0.1) is 0 Å². The monoisotopic (exact) mass is 244 g/mol. The van der Waals surface area contributed by atoms with Gasteiger partial charge >= 0.3 is 5.69 Å². The largest absolute Gasteiger partial charge is 0.346 e. The van der Waals surface area contributed by atoms with Crippen LogP contribution in [0.25, 0.3) is 22.2 Å². The van der Waals surface area contributed by atoms with Crippen LogP contribution in [0.2, 0.25) is 0 Å². The minimum Gasteiger partial charge on any atom is -0.303 e. The lowest BCUT2D eigenvalue weighted by Gasteiger charge is -2.03. The minimum atomic E-state index is -0.577. The Morgan fingerprint density at radius 1 is 1.39 bits per heavy atom. The van der Waals surface area contributed by atoms with Gasteiger partial charge in [-0.25, -0.2) is 9.18 Å². The van der Waals surface area contributed by atoms with Gasteiger partial charge in [-0.1, -0.05) is 12.1 Å². The molecule has 6 heteroatoms. The fraction of sp³-hybridized carbons (Fsp3) is 0.0833. The zero-order valence-electron chi connectivity index (χ0n) is 9.51. The Balaban J connectivity index is 2.42. The molecule has 5 nitrogen and oxygen atoms in total. The Morgan fingerprint density at radius 2 is 2.22 bits per heavy atom. The van der Waals surface area contributed by atoms with Gasteiger partial charge in [0.2, 0.25) is 0 Å². The average Bonchev–Trinajstić information content (AvgIpc) is 2.76. The number of para-hydroxylation sites is 1. The molecule has 0 spiro atoms. The number of benzene rings is 1. The van der Waals surface area contributed by atoms with Gasteiger partial charge in [0.05, 0.1) is 17.4 Å². The van der Waals surface area contributed by atoms with Crippen molar-refractivity contribution in [2.75, 3.05) is 0 Å². The van der Waals surface area contributed by atoms with Crippen LogP contribution in [0.4, 0.5) is 4.39 Å². The molecule has 1 aromatic carbocycles. The van der Waals surface area contributed by atoms with E-state index in [1.165, 1.54) is 6.07 Å². The first-order valence-electron chi connectivity index (χ1n) is 5.33. The lowest BCUT2D eigenvalue weighted by Crippen LogP contribution is -2.12. The summed E-state index contributed by atoms with van der Waals surface area (Å²) in [7, 11) is 1.76. The van der Waals surface area contributed by atoms with Crippen molar-refractivity contribution in [2.45, 2.75) is 0 Å². The lowest BCUT2D eigenvalue weighted by atomic mass is 10.1. The molecule has 0 unspecified atom stereocenters. The van der Waals surface area contributed by atoms with Crippen molar-refractivity contribution in [3.05, 3.63) is 46.9 Å². The number of hydrogen-bond acceptors (Lipinski definition) is 3. The zero-order chi connectivity index (χ0) is 12.7. The number of nitrogens with zero attached hydrogens (tertiary/aromatic N) is 3. The molecule has 1 N–H and O–H groups in total. The van der Waals surface area contributed by atoms with Crippen molar-refractivity contribution < 1.29 is 4.39 Å². The van der Waals surface area contributed by atoms with E-state index in [2.05, 4.69) is 15.1 Å². The molecule has 0 saturated heterocycles. The topological polar surface area (TPSA) is 63.6 Å². The third kappa shape index (κ3) is 1.58. The summed E-state index contributed by atoms with van der Waals surface area (Å²) in [5.41, 5.74) is 0.698. The van der Waals surface area contributed by atoms with E-state index in [4.69, 9.17) is 0 Å². The van der Waals surface area contributed by atoms with E-state index in [-0.39, 0.29) is 5.52 Å². The molecule has 2 heterocycles. The highest BCUT2D eigenvalue weighted by Gasteiger charge is 2.11. The molecule has 3 aromatic rings. The summed E-state index contributed by atoms with van der Waals surface area (Å²) in [6.07, 6.45) is 3.32. The quantitative estimate of drug-likeness (QED) is 0.704. The first kappa shape index (κ1) is 10.6. The molecule has 2 aromatic heterocycles. The maximum Gasteiger partial charge on any atom is 0.346 e. The number of nitrogens with one attached hydrogen (secondary N) is 1. The standard InChI is InChI=1S/C12H9FN4O/c1-17-6-7(5-14-17)10-8-3-2-4-9(13)11(8)16-12(18)15-10/h2-6H,1H3,(H,15,16,18). The molecule has 0 bridgehead atoms. The van der Waals surface area contributed by atoms with Gasteiger partial charge in [-0.3, -0.25) is 4.68 Å². The SMILES string of the molecule is Cn1cc(-c2nc(=O)[nH]c3c(F)cccc23)cn1. The van der Waals surface area contributed by atoms with Gasteiger partial charge < -0.3 is 4.98 Å². The van der Waals surface area contributed by atoms with E-state index in [1.54, 1.807) is 36.3 Å². The number of rotatable bonds is 1. The summed E-state index contributed by atoms with van der Waals surface area (Å²) in [4.78, 5) is 17.8. The molecule has 0 aliphatic carbocycles. The van der Waals surface area contributed by atoms with Gasteiger partial charge in [-0.05, 0) is 6.07 Å². The van der Waals surface area contributed by atoms with E-state index in [1.807, 2.05) is 0 Å². The van der Waals surface area contributed by atoms with Crippen LogP contribution in [0.1, 0.15) is 0 Å². The molecular weight excluding hydrogens is 235 g/mol. The van der Waals surface area contributed by atoms with Gasteiger partial charge in [0.25, 0.3) is 0 Å². The highest BCUT2D eigenvalue weighted by molar-refractivity contribution is 5.91. The zero-order valence-corrected chi connectivity index (χ0v) is 9.51. The predicted molar refractivity (Wildman–Crippen MR) is 64.5 cm³/mol. The maximum atomic E-state index is 13.6. The van der Waals surface area contributed by atoms with Crippen molar-refractivity contribution in [1.82, 2.24) is 19.7 Å². The molecule has 0 aliphatic rings. The second-order valence-electron chi connectivity index (χ2n) is 3.96. The summed E-state index contributed by atoms with van der Waals surface area (Å²) in [5, 5.41) is 4.58. The van der Waals surface area contributed by atoms with E-state index < -0.39 is 11.5 Å². The van der Waals surface area contributed by atoms with Crippen LogP contribution in [0.3, 0.4) is 0 Å². The Hall–Kier alpha value is -2.50. The van der Waals surface area contributed by atoms with Crippen molar-refractivity contribution in [2.24, 2.45) is 7.05 Å². The van der Waals surface area contributed by atoms with Gasteiger partial charge in [0.15, 0.2) is 0 Å².